The van der Waals surface area contributed by atoms with E-state index in [0.29, 0.717) is 59.0 Å². The molecule has 0 radical (unpaired) electrons. The standard InChI is InChI=1S/C34H42N2O8/c1-42-27-10-6-5-9-23(27)13-15-36(29(39)12-11-21-7-3-4-8-21)26-19-25(34(41)35-14-16-37)30-24-17-22(20-38)18-28(43-2)32(24)44-33(30)31(26)40/h5-6,9-10,17-21,26,30-31,33,37,40H,3-4,7-8,11-16H2,1-2H3,(H,35,41)/t26-,30+,31+,33+/m1/s1. The van der Waals surface area contributed by atoms with E-state index in [1.165, 1.54) is 20.0 Å². The van der Waals surface area contributed by atoms with Gasteiger partial charge in [-0.2, -0.15) is 0 Å². The van der Waals surface area contributed by atoms with Gasteiger partial charge in [0.05, 0.1) is 32.8 Å². The summed E-state index contributed by atoms with van der Waals surface area (Å²) in [6, 6.07) is 9.95. The summed E-state index contributed by atoms with van der Waals surface area (Å²) < 4.78 is 17.4. The van der Waals surface area contributed by atoms with Crippen molar-refractivity contribution in [2.75, 3.05) is 33.9 Å². The largest absolute Gasteiger partial charge is 0.496 e. The van der Waals surface area contributed by atoms with Crippen molar-refractivity contribution in [3.63, 3.8) is 0 Å². The molecule has 0 bridgehead atoms. The van der Waals surface area contributed by atoms with Crippen LogP contribution >= 0.6 is 0 Å². The molecule has 3 aliphatic rings. The van der Waals surface area contributed by atoms with Crippen LogP contribution in [0.4, 0.5) is 0 Å². The molecular weight excluding hydrogens is 564 g/mol. The first-order valence-electron chi connectivity index (χ1n) is 15.4. The Labute approximate surface area is 258 Å². The summed E-state index contributed by atoms with van der Waals surface area (Å²) in [5, 5.41) is 24.0. The van der Waals surface area contributed by atoms with Crippen LogP contribution in [0.2, 0.25) is 0 Å². The smallest absolute Gasteiger partial charge is 0.247 e. The van der Waals surface area contributed by atoms with Crippen LogP contribution in [0.15, 0.2) is 48.0 Å². The Morgan fingerprint density at radius 3 is 2.57 bits per heavy atom. The summed E-state index contributed by atoms with van der Waals surface area (Å²) in [4.78, 5) is 41.0. The molecule has 4 atom stereocenters. The monoisotopic (exact) mass is 606 g/mol. The zero-order valence-corrected chi connectivity index (χ0v) is 25.4. The predicted octanol–water partition coefficient (Wildman–Crippen LogP) is 3.18. The molecule has 0 aromatic heterocycles. The fourth-order valence-corrected chi connectivity index (χ4v) is 6.92. The van der Waals surface area contributed by atoms with Crippen LogP contribution in [0.25, 0.3) is 0 Å². The highest BCUT2D eigenvalue weighted by Gasteiger charge is 2.51. The van der Waals surface area contributed by atoms with E-state index in [-0.39, 0.29) is 25.6 Å². The van der Waals surface area contributed by atoms with Crippen LogP contribution in [0.1, 0.15) is 65.9 Å². The minimum absolute atomic E-state index is 0.0318. The van der Waals surface area contributed by atoms with E-state index in [2.05, 4.69) is 5.32 Å². The minimum atomic E-state index is -1.18. The molecule has 44 heavy (non-hydrogen) atoms. The van der Waals surface area contributed by atoms with Gasteiger partial charge in [-0.05, 0) is 48.6 Å². The van der Waals surface area contributed by atoms with Crippen molar-refractivity contribution in [3.05, 3.63) is 64.7 Å². The number of para-hydroxylation sites is 1. The number of ether oxygens (including phenoxy) is 3. The van der Waals surface area contributed by atoms with Gasteiger partial charge in [0, 0.05) is 36.2 Å². The molecule has 3 N–H and O–H groups in total. The second-order valence-corrected chi connectivity index (χ2v) is 11.7. The molecule has 0 spiro atoms. The van der Waals surface area contributed by atoms with Gasteiger partial charge in [0.15, 0.2) is 11.5 Å². The fraction of sp³-hybridized carbons (Fsp3) is 0.500. The quantitative estimate of drug-likeness (QED) is 0.296. The topological polar surface area (TPSA) is 135 Å². The second-order valence-electron chi connectivity index (χ2n) is 11.7. The maximum atomic E-state index is 14.0. The van der Waals surface area contributed by atoms with Gasteiger partial charge in [-0.1, -0.05) is 43.9 Å². The summed E-state index contributed by atoms with van der Waals surface area (Å²) in [6.07, 6.45) is 6.46. The lowest BCUT2D eigenvalue weighted by Gasteiger charge is -2.41. The van der Waals surface area contributed by atoms with Crippen molar-refractivity contribution >= 4 is 18.1 Å². The van der Waals surface area contributed by atoms with Crippen LogP contribution in [-0.2, 0) is 16.0 Å². The molecule has 1 saturated carbocycles. The number of amides is 2. The molecule has 0 unspecified atom stereocenters. The molecule has 0 saturated heterocycles. The Morgan fingerprint density at radius 2 is 1.86 bits per heavy atom. The molecule has 236 valence electrons. The van der Waals surface area contributed by atoms with Gasteiger partial charge in [0.2, 0.25) is 11.8 Å². The van der Waals surface area contributed by atoms with Crippen LogP contribution in [-0.4, -0.2) is 85.4 Å². The minimum Gasteiger partial charge on any atom is -0.496 e. The Hall–Kier alpha value is -3.89. The van der Waals surface area contributed by atoms with E-state index < -0.39 is 30.1 Å². The van der Waals surface area contributed by atoms with Crippen molar-refractivity contribution in [2.24, 2.45) is 5.92 Å². The number of aliphatic hydroxyl groups excluding tert-OH is 2. The third kappa shape index (κ3) is 6.46. The van der Waals surface area contributed by atoms with Crippen LogP contribution in [0.5, 0.6) is 17.2 Å². The molecule has 2 amide bonds. The number of aliphatic hydroxyl groups is 2. The number of methoxy groups -OCH3 is 2. The number of benzene rings is 2. The summed E-state index contributed by atoms with van der Waals surface area (Å²) in [6.45, 7) is 0.0701. The van der Waals surface area contributed by atoms with Crippen molar-refractivity contribution in [3.8, 4) is 17.2 Å². The first-order chi connectivity index (χ1) is 21.4. The fourth-order valence-electron chi connectivity index (χ4n) is 6.92. The summed E-state index contributed by atoms with van der Waals surface area (Å²) in [5.74, 6) is 0.632. The van der Waals surface area contributed by atoms with E-state index in [9.17, 15) is 24.6 Å². The number of carbonyl (C=O) groups is 3. The number of carbonyl (C=O) groups excluding carboxylic acids is 3. The van der Waals surface area contributed by atoms with E-state index in [0.717, 1.165) is 24.8 Å². The van der Waals surface area contributed by atoms with Crippen molar-refractivity contribution in [1.29, 1.82) is 0 Å². The van der Waals surface area contributed by atoms with E-state index in [1.807, 2.05) is 24.3 Å². The zero-order chi connectivity index (χ0) is 31.2. The summed E-state index contributed by atoms with van der Waals surface area (Å²) in [7, 11) is 3.07. The SMILES string of the molecule is COc1ccccc1CCN(C(=O)CCC1CCCC1)[C@@H]1C=C(C(=O)NCCO)[C@@H]2c3cc(C=O)cc(OC)c3O[C@@H]2[C@H]1O. The zero-order valence-electron chi connectivity index (χ0n) is 25.4. The highest BCUT2D eigenvalue weighted by molar-refractivity contribution is 5.96. The number of nitrogens with zero attached hydrogens (tertiary/aromatic N) is 1. The van der Waals surface area contributed by atoms with Crippen molar-refractivity contribution in [1.82, 2.24) is 10.2 Å². The number of hydrogen-bond donors (Lipinski definition) is 3. The average Bonchev–Trinajstić information content (AvgIpc) is 3.72. The van der Waals surface area contributed by atoms with E-state index in [4.69, 9.17) is 14.2 Å². The van der Waals surface area contributed by atoms with Gasteiger partial charge in [0.1, 0.15) is 24.2 Å². The van der Waals surface area contributed by atoms with Gasteiger partial charge >= 0.3 is 0 Å². The maximum absolute atomic E-state index is 14.0. The summed E-state index contributed by atoms with van der Waals surface area (Å²) >= 11 is 0. The molecule has 2 aromatic carbocycles. The molecule has 10 nitrogen and oxygen atoms in total. The number of fused-ring (bicyclic) bond motifs is 3. The van der Waals surface area contributed by atoms with Crippen LogP contribution in [0, 0.1) is 5.92 Å². The van der Waals surface area contributed by atoms with Crippen molar-refractivity contribution < 1.29 is 38.8 Å². The van der Waals surface area contributed by atoms with Gasteiger partial charge in [-0.25, -0.2) is 0 Å². The predicted molar refractivity (Wildman–Crippen MR) is 163 cm³/mol. The normalized spacial score (nSPS) is 22.3. The van der Waals surface area contributed by atoms with E-state index in [1.54, 1.807) is 30.2 Å². The molecular formula is C34H42N2O8. The second kappa shape index (κ2) is 14.3. The Balaban J connectivity index is 1.52. The van der Waals surface area contributed by atoms with Gasteiger partial charge in [-0.3, -0.25) is 14.4 Å². The molecule has 5 rings (SSSR count). The first-order valence-corrected chi connectivity index (χ1v) is 15.4. The Morgan fingerprint density at radius 1 is 1.11 bits per heavy atom. The summed E-state index contributed by atoms with van der Waals surface area (Å²) in [5.41, 5.74) is 2.12. The lowest BCUT2D eigenvalue weighted by molar-refractivity contribution is -0.137. The lowest BCUT2D eigenvalue weighted by atomic mass is 9.77. The molecule has 1 heterocycles. The van der Waals surface area contributed by atoms with Gasteiger partial charge < -0.3 is 34.6 Å². The Kier molecular flexibility index (Phi) is 10.2. The molecule has 1 fully saturated rings. The molecule has 2 aromatic rings. The van der Waals surface area contributed by atoms with Crippen LogP contribution < -0.4 is 19.5 Å². The number of hydrogen-bond acceptors (Lipinski definition) is 8. The number of nitrogens with one attached hydrogen (secondary N) is 1. The lowest BCUT2D eigenvalue weighted by Crippen LogP contribution is -2.56. The first kappa shape index (κ1) is 31.5. The van der Waals surface area contributed by atoms with Gasteiger partial charge in [-0.15, -0.1) is 0 Å². The highest BCUT2D eigenvalue weighted by atomic mass is 16.5. The third-order valence-electron chi connectivity index (χ3n) is 9.15. The maximum Gasteiger partial charge on any atom is 0.247 e. The van der Waals surface area contributed by atoms with Crippen molar-refractivity contribution in [2.45, 2.75) is 69.1 Å². The number of aldehydes is 1. The average molecular weight is 607 g/mol. The molecule has 10 heteroatoms. The van der Waals surface area contributed by atoms with Gasteiger partial charge in [0.25, 0.3) is 0 Å². The molecule has 2 aliphatic carbocycles. The molecule has 1 aliphatic heterocycles. The highest BCUT2D eigenvalue weighted by Crippen LogP contribution is 2.51. The van der Waals surface area contributed by atoms with E-state index >= 15 is 0 Å². The Bertz CT molecular complexity index is 1390. The van der Waals surface area contributed by atoms with Crippen LogP contribution in [0.3, 0.4) is 0 Å². The number of rotatable bonds is 13. The third-order valence-corrected chi connectivity index (χ3v) is 9.15.